The maximum atomic E-state index is 13.2. The van der Waals surface area contributed by atoms with Crippen LogP contribution in [-0.2, 0) is 0 Å². The van der Waals surface area contributed by atoms with Gasteiger partial charge in [-0.3, -0.25) is 0 Å². The van der Waals surface area contributed by atoms with Crippen molar-refractivity contribution in [2.45, 2.75) is 19.8 Å². The Balaban J connectivity index is 2.95. The van der Waals surface area contributed by atoms with Crippen LogP contribution in [0.1, 0.15) is 25.3 Å². The van der Waals surface area contributed by atoms with Gasteiger partial charge in [0.1, 0.15) is 5.82 Å². The third-order valence-electron chi connectivity index (χ3n) is 1.82. The van der Waals surface area contributed by atoms with Gasteiger partial charge >= 0.3 is 0 Å². The van der Waals surface area contributed by atoms with Gasteiger partial charge in [0, 0.05) is 17.0 Å². The number of benzene rings is 1. The van der Waals surface area contributed by atoms with Gasteiger partial charge < -0.3 is 11.1 Å². The van der Waals surface area contributed by atoms with Crippen LogP contribution in [0.3, 0.4) is 0 Å². The van der Waals surface area contributed by atoms with Gasteiger partial charge in [0.25, 0.3) is 0 Å². The molecule has 13 heavy (non-hydrogen) atoms. The Morgan fingerprint density at radius 3 is 2.77 bits per heavy atom. The quantitative estimate of drug-likeness (QED) is 0.545. The first-order valence-corrected chi connectivity index (χ1v) is 4.28. The molecule has 2 nitrogen and oxygen atoms in total. The maximum Gasteiger partial charge on any atom is 0.134 e. The number of hydrogen-bond donors (Lipinski definition) is 2. The normalized spacial score (nSPS) is 10.0. The van der Waals surface area contributed by atoms with Gasteiger partial charge in [0.15, 0.2) is 0 Å². The Bertz CT molecular complexity index is 321. The Kier molecular flexibility index (Phi) is 3.01. The minimum Gasteiger partial charge on any atom is -0.399 e. The van der Waals surface area contributed by atoms with Gasteiger partial charge in [-0.2, -0.15) is 0 Å². The van der Waals surface area contributed by atoms with Crippen LogP contribution in [0, 0.1) is 11.2 Å². The summed E-state index contributed by atoms with van der Waals surface area (Å²) in [5, 5.41) is 7.56. The number of rotatable bonds is 3. The van der Waals surface area contributed by atoms with Gasteiger partial charge in [-0.15, -0.1) is 0 Å². The third kappa shape index (κ3) is 2.28. The summed E-state index contributed by atoms with van der Waals surface area (Å²) in [6, 6.07) is 4.42. The number of nitrogen functional groups attached to an aromatic ring is 1. The van der Waals surface area contributed by atoms with Gasteiger partial charge in [-0.05, 0) is 24.6 Å². The Labute approximate surface area is 77.1 Å². The predicted molar refractivity (Wildman–Crippen MR) is 52.5 cm³/mol. The molecule has 0 aromatic heterocycles. The highest BCUT2D eigenvalue weighted by Gasteiger charge is 2.06. The lowest BCUT2D eigenvalue weighted by Crippen LogP contribution is -2.02. The van der Waals surface area contributed by atoms with Crippen molar-refractivity contribution in [3.63, 3.8) is 0 Å². The number of anilines is 1. The third-order valence-corrected chi connectivity index (χ3v) is 1.82. The molecule has 0 radical (unpaired) electrons. The number of nitrogens with two attached hydrogens (primary N) is 1. The first-order chi connectivity index (χ1) is 6.15. The van der Waals surface area contributed by atoms with Crippen molar-refractivity contribution in [2.24, 2.45) is 0 Å². The first-order valence-electron chi connectivity index (χ1n) is 4.28. The van der Waals surface area contributed by atoms with Crippen LogP contribution in [0.4, 0.5) is 10.1 Å². The maximum absolute atomic E-state index is 13.2. The fourth-order valence-electron chi connectivity index (χ4n) is 1.16. The summed E-state index contributed by atoms with van der Waals surface area (Å²) in [6.07, 6.45) is 1.45. The zero-order valence-electron chi connectivity index (χ0n) is 7.60. The van der Waals surface area contributed by atoms with Crippen molar-refractivity contribution < 1.29 is 4.39 Å². The fraction of sp³-hybridized carbons (Fsp3) is 0.300. The van der Waals surface area contributed by atoms with Crippen molar-refractivity contribution in [2.75, 3.05) is 5.73 Å². The summed E-state index contributed by atoms with van der Waals surface area (Å²) in [6.45, 7) is 1.96. The van der Waals surface area contributed by atoms with Crippen LogP contribution in [0.2, 0.25) is 0 Å². The van der Waals surface area contributed by atoms with E-state index >= 15 is 0 Å². The molecule has 0 spiro atoms. The summed E-state index contributed by atoms with van der Waals surface area (Å²) in [7, 11) is 0. The van der Waals surface area contributed by atoms with Crippen molar-refractivity contribution >= 4 is 11.4 Å². The van der Waals surface area contributed by atoms with Crippen LogP contribution in [0.25, 0.3) is 0 Å². The Hall–Kier alpha value is -1.38. The molecule has 3 N–H and O–H groups in total. The summed E-state index contributed by atoms with van der Waals surface area (Å²) in [5.74, 6) is -0.404. The minimum atomic E-state index is -0.404. The van der Waals surface area contributed by atoms with Crippen LogP contribution in [0.15, 0.2) is 18.2 Å². The van der Waals surface area contributed by atoms with E-state index in [1.165, 1.54) is 6.07 Å². The molecule has 0 atom stereocenters. The first kappa shape index (κ1) is 9.71. The van der Waals surface area contributed by atoms with E-state index in [9.17, 15) is 4.39 Å². The van der Waals surface area contributed by atoms with E-state index in [4.69, 9.17) is 11.1 Å². The largest absolute Gasteiger partial charge is 0.399 e. The molecule has 0 aliphatic heterocycles. The predicted octanol–water partition coefficient (Wildman–Crippen LogP) is 2.58. The fourth-order valence-corrected chi connectivity index (χ4v) is 1.16. The molecule has 0 fully saturated rings. The highest BCUT2D eigenvalue weighted by atomic mass is 19.1. The molecule has 1 rings (SSSR count). The molecular formula is C10H13FN2. The summed E-state index contributed by atoms with van der Waals surface area (Å²) >= 11 is 0. The van der Waals surface area contributed by atoms with Crippen LogP contribution in [0.5, 0.6) is 0 Å². The van der Waals surface area contributed by atoms with Gasteiger partial charge in [-0.1, -0.05) is 13.3 Å². The van der Waals surface area contributed by atoms with E-state index in [0.29, 0.717) is 23.4 Å². The molecule has 0 aliphatic carbocycles. The number of nitrogens with one attached hydrogen (secondary N) is 1. The standard InChI is InChI=1S/C10H13FN2/c1-2-3-10(13)8-5-4-7(12)6-9(8)11/h4-6,13H,2-3,12H2,1H3. The molecule has 0 amide bonds. The molecule has 0 saturated heterocycles. The van der Waals surface area contributed by atoms with Crippen LogP contribution >= 0.6 is 0 Å². The van der Waals surface area contributed by atoms with E-state index in [0.717, 1.165) is 6.42 Å². The van der Waals surface area contributed by atoms with Gasteiger partial charge in [0.05, 0.1) is 0 Å². The molecule has 70 valence electrons. The van der Waals surface area contributed by atoms with E-state index in [-0.39, 0.29) is 0 Å². The average Bonchev–Trinajstić information content (AvgIpc) is 2.04. The second-order valence-corrected chi connectivity index (χ2v) is 2.97. The van der Waals surface area contributed by atoms with Crippen molar-refractivity contribution in [1.82, 2.24) is 0 Å². The lowest BCUT2D eigenvalue weighted by atomic mass is 10.1. The van der Waals surface area contributed by atoms with Crippen molar-refractivity contribution in [3.05, 3.63) is 29.6 Å². The van der Waals surface area contributed by atoms with E-state index in [1.54, 1.807) is 12.1 Å². The van der Waals surface area contributed by atoms with E-state index < -0.39 is 5.82 Å². The van der Waals surface area contributed by atoms with E-state index in [1.807, 2.05) is 6.92 Å². The minimum absolute atomic E-state index is 0.333. The molecule has 0 aliphatic rings. The molecule has 0 heterocycles. The molecule has 1 aromatic carbocycles. The monoisotopic (exact) mass is 180 g/mol. The number of halogens is 1. The zero-order valence-corrected chi connectivity index (χ0v) is 7.60. The summed E-state index contributed by atoms with van der Waals surface area (Å²) < 4.78 is 13.2. The number of hydrogen-bond acceptors (Lipinski definition) is 2. The SMILES string of the molecule is CCCC(=N)c1ccc(N)cc1F. The molecule has 1 aromatic rings. The van der Waals surface area contributed by atoms with Crippen molar-refractivity contribution in [3.8, 4) is 0 Å². The van der Waals surface area contributed by atoms with Gasteiger partial charge in [-0.25, -0.2) is 4.39 Å². The Morgan fingerprint density at radius 2 is 2.23 bits per heavy atom. The Morgan fingerprint density at radius 1 is 1.54 bits per heavy atom. The molecule has 3 heteroatoms. The molecule has 0 bridgehead atoms. The molecule has 0 unspecified atom stereocenters. The highest BCUT2D eigenvalue weighted by Crippen LogP contribution is 2.14. The topological polar surface area (TPSA) is 49.9 Å². The van der Waals surface area contributed by atoms with Crippen LogP contribution in [-0.4, -0.2) is 5.71 Å². The lowest BCUT2D eigenvalue weighted by Gasteiger charge is -2.04. The second-order valence-electron chi connectivity index (χ2n) is 2.97. The molecule has 0 saturated carbocycles. The summed E-state index contributed by atoms with van der Waals surface area (Å²) in [4.78, 5) is 0. The van der Waals surface area contributed by atoms with E-state index in [2.05, 4.69) is 0 Å². The lowest BCUT2D eigenvalue weighted by molar-refractivity contribution is 0.625. The van der Waals surface area contributed by atoms with Crippen molar-refractivity contribution in [1.29, 1.82) is 5.41 Å². The summed E-state index contributed by atoms with van der Waals surface area (Å²) in [5.41, 5.74) is 6.48. The molecular weight excluding hydrogens is 167 g/mol. The van der Waals surface area contributed by atoms with Gasteiger partial charge in [0.2, 0.25) is 0 Å². The zero-order chi connectivity index (χ0) is 9.84. The second kappa shape index (κ2) is 4.03. The average molecular weight is 180 g/mol. The highest BCUT2D eigenvalue weighted by molar-refractivity contribution is 5.98. The van der Waals surface area contributed by atoms with Crippen LogP contribution < -0.4 is 5.73 Å². The smallest absolute Gasteiger partial charge is 0.134 e.